The van der Waals surface area contributed by atoms with Crippen molar-refractivity contribution in [3.63, 3.8) is 0 Å². The minimum Gasteiger partial charge on any atom is -0.492 e. The van der Waals surface area contributed by atoms with Crippen molar-refractivity contribution in [3.05, 3.63) is 59.7 Å². The van der Waals surface area contributed by atoms with E-state index in [2.05, 4.69) is 21.9 Å². The van der Waals surface area contributed by atoms with Gasteiger partial charge in [0.05, 0.1) is 11.3 Å². The summed E-state index contributed by atoms with van der Waals surface area (Å²) in [5.74, 6) is 1.21. The maximum Gasteiger partial charge on any atom is 0.240 e. The number of para-hydroxylation sites is 1. The SMILES string of the molecule is CC1CC(=O)NN=C1c1ccc(OCCNCC(O)COc2ccccc2C#N)cc1. The second kappa shape index (κ2) is 11.1. The minimum atomic E-state index is -0.704. The highest BCUT2D eigenvalue weighted by molar-refractivity contribution is 6.05. The van der Waals surface area contributed by atoms with E-state index in [0.717, 1.165) is 17.0 Å². The Bertz CT molecular complexity index is 953. The average molecular weight is 422 g/mol. The molecule has 2 aromatic carbocycles. The zero-order valence-corrected chi connectivity index (χ0v) is 17.4. The van der Waals surface area contributed by atoms with E-state index in [-0.39, 0.29) is 18.4 Å². The third-order valence-electron chi connectivity index (χ3n) is 4.78. The van der Waals surface area contributed by atoms with Gasteiger partial charge < -0.3 is 19.9 Å². The number of nitriles is 1. The van der Waals surface area contributed by atoms with Crippen LogP contribution in [0.25, 0.3) is 0 Å². The molecule has 8 heteroatoms. The summed E-state index contributed by atoms with van der Waals surface area (Å²) in [7, 11) is 0. The number of rotatable bonds is 10. The summed E-state index contributed by atoms with van der Waals surface area (Å²) >= 11 is 0. The number of nitrogens with one attached hydrogen (secondary N) is 2. The molecule has 31 heavy (non-hydrogen) atoms. The molecule has 1 aliphatic heterocycles. The lowest BCUT2D eigenvalue weighted by Crippen LogP contribution is -2.33. The van der Waals surface area contributed by atoms with Crippen LogP contribution in [0.3, 0.4) is 0 Å². The smallest absolute Gasteiger partial charge is 0.240 e. The summed E-state index contributed by atoms with van der Waals surface area (Å²) in [5, 5.41) is 26.3. The van der Waals surface area contributed by atoms with E-state index in [0.29, 0.717) is 37.4 Å². The third kappa shape index (κ3) is 6.54. The molecule has 0 bridgehead atoms. The van der Waals surface area contributed by atoms with Crippen LogP contribution in [0, 0.1) is 17.2 Å². The van der Waals surface area contributed by atoms with Gasteiger partial charge in [-0.05, 0) is 42.0 Å². The lowest BCUT2D eigenvalue weighted by Gasteiger charge is -2.19. The lowest BCUT2D eigenvalue weighted by atomic mass is 9.94. The molecule has 0 saturated carbocycles. The summed E-state index contributed by atoms with van der Waals surface area (Å²) in [4.78, 5) is 11.4. The van der Waals surface area contributed by atoms with E-state index in [9.17, 15) is 9.90 Å². The molecule has 3 N–H and O–H groups in total. The first kappa shape index (κ1) is 22.3. The van der Waals surface area contributed by atoms with Crippen molar-refractivity contribution in [1.82, 2.24) is 10.7 Å². The zero-order valence-electron chi connectivity index (χ0n) is 17.4. The summed E-state index contributed by atoms with van der Waals surface area (Å²) in [6, 6.07) is 16.6. The van der Waals surface area contributed by atoms with E-state index in [1.807, 2.05) is 31.2 Å². The molecular formula is C23H26N4O4. The molecule has 2 atom stereocenters. The molecule has 0 radical (unpaired) electrons. The van der Waals surface area contributed by atoms with Crippen molar-refractivity contribution in [2.24, 2.45) is 11.0 Å². The zero-order chi connectivity index (χ0) is 22.1. The fraction of sp³-hybridized carbons (Fsp3) is 0.348. The first-order valence-corrected chi connectivity index (χ1v) is 10.2. The third-order valence-corrected chi connectivity index (χ3v) is 4.78. The first-order chi connectivity index (χ1) is 15.1. The Morgan fingerprint density at radius 2 is 2.03 bits per heavy atom. The number of carbonyl (C=O) groups excluding carboxylic acids is 1. The average Bonchev–Trinajstić information content (AvgIpc) is 2.78. The minimum absolute atomic E-state index is 0.0626. The predicted molar refractivity (Wildman–Crippen MR) is 116 cm³/mol. The molecule has 0 aliphatic carbocycles. The van der Waals surface area contributed by atoms with Gasteiger partial charge in [0.25, 0.3) is 0 Å². The fourth-order valence-electron chi connectivity index (χ4n) is 3.16. The Labute approximate surface area is 181 Å². The van der Waals surface area contributed by atoms with Crippen LogP contribution in [0.15, 0.2) is 53.6 Å². The summed E-state index contributed by atoms with van der Waals surface area (Å²) in [5.41, 5.74) is 4.78. The standard InChI is InChI=1S/C23H26N4O4/c1-16-12-22(29)26-27-23(16)17-6-8-20(9-7-17)30-11-10-25-14-19(28)15-31-21-5-3-2-4-18(21)13-24/h2-9,16,19,25,28H,10-12,14-15H2,1H3,(H,26,29). The molecule has 1 amide bonds. The molecule has 3 rings (SSSR count). The highest BCUT2D eigenvalue weighted by Crippen LogP contribution is 2.19. The molecule has 1 aliphatic rings. The number of aliphatic hydroxyl groups is 1. The number of amides is 1. The highest BCUT2D eigenvalue weighted by Gasteiger charge is 2.21. The van der Waals surface area contributed by atoms with E-state index >= 15 is 0 Å². The van der Waals surface area contributed by atoms with Gasteiger partial charge in [-0.3, -0.25) is 4.79 Å². The van der Waals surface area contributed by atoms with Gasteiger partial charge in [-0.25, -0.2) is 5.43 Å². The molecule has 8 nitrogen and oxygen atoms in total. The van der Waals surface area contributed by atoms with E-state index in [4.69, 9.17) is 14.7 Å². The van der Waals surface area contributed by atoms with E-state index < -0.39 is 6.10 Å². The van der Waals surface area contributed by atoms with Crippen molar-refractivity contribution < 1.29 is 19.4 Å². The summed E-state index contributed by atoms with van der Waals surface area (Å²) in [6.07, 6.45) is -0.269. The van der Waals surface area contributed by atoms with Gasteiger partial charge in [0.1, 0.15) is 36.9 Å². The first-order valence-electron chi connectivity index (χ1n) is 10.2. The number of hydrazone groups is 1. The molecular weight excluding hydrogens is 396 g/mol. The Kier molecular flexibility index (Phi) is 7.98. The van der Waals surface area contributed by atoms with Crippen LogP contribution in [0.2, 0.25) is 0 Å². The monoisotopic (exact) mass is 422 g/mol. The maximum absolute atomic E-state index is 11.4. The van der Waals surface area contributed by atoms with Crippen LogP contribution in [-0.4, -0.2) is 49.1 Å². The number of hydrogen-bond acceptors (Lipinski definition) is 7. The fourth-order valence-corrected chi connectivity index (χ4v) is 3.16. The van der Waals surface area contributed by atoms with E-state index in [1.54, 1.807) is 24.3 Å². The summed E-state index contributed by atoms with van der Waals surface area (Å²) in [6.45, 7) is 3.42. The molecule has 0 aromatic heterocycles. The molecule has 0 saturated heterocycles. The molecule has 1 heterocycles. The van der Waals surface area contributed by atoms with Crippen molar-refractivity contribution in [2.45, 2.75) is 19.4 Å². The number of ether oxygens (including phenoxy) is 2. The largest absolute Gasteiger partial charge is 0.492 e. The molecule has 0 fully saturated rings. The Morgan fingerprint density at radius 3 is 2.77 bits per heavy atom. The van der Waals surface area contributed by atoms with Gasteiger partial charge in [-0.1, -0.05) is 19.1 Å². The van der Waals surface area contributed by atoms with Crippen LogP contribution < -0.4 is 20.2 Å². The van der Waals surface area contributed by atoms with Gasteiger partial charge >= 0.3 is 0 Å². The van der Waals surface area contributed by atoms with Gasteiger partial charge in [-0.2, -0.15) is 10.4 Å². The number of nitrogens with zero attached hydrogens (tertiary/aromatic N) is 2. The van der Waals surface area contributed by atoms with Crippen molar-refractivity contribution >= 4 is 11.6 Å². The van der Waals surface area contributed by atoms with Crippen LogP contribution in [0.1, 0.15) is 24.5 Å². The molecule has 0 spiro atoms. The number of benzene rings is 2. The Morgan fingerprint density at radius 1 is 1.26 bits per heavy atom. The second-order valence-corrected chi connectivity index (χ2v) is 7.29. The van der Waals surface area contributed by atoms with Gasteiger partial charge in [-0.15, -0.1) is 0 Å². The topological polar surface area (TPSA) is 116 Å². The maximum atomic E-state index is 11.4. The Balaban J connectivity index is 1.34. The Hall–Kier alpha value is -3.41. The van der Waals surface area contributed by atoms with E-state index in [1.165, 1.54) is 0 Å². The predicted octanol–water partition coefficient (Wildman–Crippen LogP) is 1.83. The van der Waals surface area contributed by atoms with Gasteiger partial charge in [0.2, 0.25) is 5.91 Å². The number of hydrogen-bond donors (Lipinski definition) is 3. The second-order valence-electron chi connectivity index (χ2n) is 7.29. The van der Waals surface area contributed by atoms with Gasteiger partial charge in [0, 0.05) is 25.4 Å². The number of carbonyl (C=O) groups is 1. The van der Waals surface area contributed by atoms with Crippen LogP contribution in [-0.2, 0) is 4.79 Å². The molecule has 162 valence electrons. The van der Waals surface area contributed by atoms with Crippen molar-refractivity contribution in [3.8, 4) is 17.6 Å². The number of aliphatic hydroxyl groups excluding tert-OH is 1. The highest BCUT2D eigenvalue weighted by atomic mass is 16.5. The van der Waals surface area contributed by atoms with Crippen molar-refractivity contribution in [2.75, 3.05) is 26.3 Å². The lowest BCUT2D eigenvalue weighted by molar-refractivity contribution is -0.121. The van der Waals surface area contributed by atoms with Crippen LogP contribution in [0.5, 0.6) is 11.5 Å². The van der Waals surface area contributed by atoms with Crippen LogP contribution in [0.4, 0.5) is 0 Å². The quantitative estimate of drug-likeness (QED) is 0.503. The summed E-state index contributed by atoms with van der Waals surface area (Å²) < 4.78 is 11.2. The van der Waals surface area contributed by atoms with Crippen LogP contribution >= 0.6 is 0 Å². The van der Waals surface area contributed by atoms with Gasteiger partial charge in [0.15, 0.2) is 0 Å². The molecule has 2 unspecified atom stereocenters. The van der Waals surface area contributed by atoms with Crippen molar-refractivity contribution in [1.29, 1.82) is 5.26 Å². The normalized spacial score (nSPS) is 16.6. The molecule has 2 aromatic rings.